The number of amides is 1. The minimum Gasteiger partial charge on any atom is -0.362 e. The summed E-state index contributed by atoms with van der Waals surface area (Å²) in [5, 5.41) is 7.29. The molecule has 1 aromatic heterocycles. The van der Waals surface area contributed by atoms with Crippen LogP contribution in [0.25, 0.3) is 0 Å². The molecular weight excluding hydrogens is 386 g/mol. The average molecular weight is 416 g/mol. The van der Waals surface area contributed by atoms with Crippen molar-refractivity contribution >= 4 is 29.3 Å². The van der Waals surface area contributed by atoms with Crippen molar-refractivity contribution in [3.63, 3.8) is 0 Å². The van der Waals surface area contributed by atoms with Crippen molar-refractivity contribution in [1.82, 2.24) is 15.3 Å². The first-order chi connectivity index (χ1) is 13.8. The van der Waals surface area contributed by atoms with Crippen molar-refractivity contribution in [2.75, 3.05) is 24.3 Å². The lowest BCUT2D eigenvalue weighted by molar-refractivity contribution is -0.126. The maximum absolute atomic E-state index is 12.7. The third kappa shape index (κ3) is 5.60. The lowest BCUT2D eigenvalue weighted by Gasteiger charge is -2.29. The second-order valence-corrected chi connectivity index (χ2v) is 8.51. The van der Waals surface area contributed by atoms with Crippen LogP contribution in [0, 0.1) is 12.8 Å². The van der Waals surface area contributed by atoms with Gasteiger partial charge in [-0.1, -0.05) is 23.7 Å². The zero-order valence-electron chi connectivity index (χ0n) is 17.6. The lowest BCUT2D eigenvalue weighted by atomic mass is 9.85. The third-order valence-electron chi connectivity index (χ3n) is 5.53. The molecule has 6 nitrogen and oxygen atoms in total. The number of rotatable bonds is 6. The number of carbonyl (C=O) groups is 1. The molecule has 29 heavy (non-hydrogen) atoms. The maximum atomic E-state index is 12.7. The summed E-state index contributed by atoms with van der Waals surface area (Å²) in [5.41, 5.74) is 2.11. The smallest absolute Gasteiger partial charge is 0.224 e. The van der Waals surface area contributed by atoms with Crippen molar-refractivity contribution in [3.8, 4) is 0 Å². The Kier molecular flexibility index (Phi) is 6.96. The molecule has 0 bridgehead atoms. The first-order valence-corrected chi connectivity index (χ1v) is 10.5. The van der Waals surface area contributed by atoms with Gasteiger partial charge in [0, 0.05) is 42.8 Å². The molecule has 0 aliphatic heterocycles. The first-order valence-electron chi connectivity index (χ1n) is 10.2. The van der Waals surface area contributed by atoms with Gasteiger partial charge in [-0.05, 0) is 57.2 Å². The van der Waals surface area contributed by atoms with Gasteiger partial charge in [-0.25, -0.2) is 4.98 Å². The molecule has 1 aliphatic carbocycles. The van der Waals surface area contributed by atoms with Gasteiger partial charge in [0.25, 0.3) is 0 Å². The van der Waals surface area contributed by atoms with Crippen LogP contribution < -0.4 is 15.5 Å². The van der Waals surface area contributed by atoms with Crippen LogP contribution in [-0.2, 0) is 4.79 Å². The number of hydrogen-bond acceptors (Lipinski definition) is 5. The Labute approximate surface area is 178 Å². The number of aryl methyl sites for hydroxylation is 1. The van der Waals surface area contributed by atoms with Crippen LogP contribution in [0.4, 0.5) is 11.8 Å². The first kappa shape index (κ1) is 21.4. The van der Waals surface area contributed by atoms with E-state index in [0.717, 1.165) is 42.6 Å². The van der Waals surface area contributed by atoms with E-state index in [2.05, 4.69) is 20.6 Å². The van der Waals surface area contributed by atoms with Crippen molar-refractivity contribution in [2.24, 2.45) is 5.92 Å². The van der Waals surface area contributed by atoms with Crippen molar-refractivity contribution in [2.45, 2.75) is 51.6 Å². The van der Waals surface area contributed by atoms with Crippen LogP contribution in [-0.4, -0.2) is 36.0 Å². The molecule has 1 fully saturated rings. The Hall–Kier alpha value is -2.34. The minimum atomic E-state index is -0.0268. The molecule has 1 atom stereocenters. The molecule has 1 aliphatic rings. The van der Waals surface area contributed by atoms with Crippen LogP contribution in [0.15, 0.2) is 30.5 Å². The molecule has 0 radical (unpaired) electrons. The van der Waals surface area contributed by atoms with E-state index in [1.54, 1.807) is 0 Å². The van der Waals surface area contributed by atoms with E-state index in [4.69, 9.17) is 11.6 Å². The summed E-state index contributed by atoms with van der Waals surface area (Å²) in [6.45, 7) is 4.01. The average Bonchev–Trinajstić information content (AvgIpc) is 2.70. The second-order valence-electron chi connectivity index (χ2n) is 8.07. The highest BCUT2D eigenvalue weighted by Gasteiger charge is 2.27. The van der Waals surface area contributed by atoms with Crippen LogP contribution in [0.2, 0.25) is 5.02 Å². The third-order valence-corrected chi connectivity index (χ3v) is 5.78. The van der Waals surface area contributed by atoms with Gasteiger partial charge in [0.15, 0.2) is 0 Å². The quantitative estimate of drug-likeness (QED) is 0.733. The molecule has 0 spiro atoms. The predicted octanol–water partition coefficient (Wildman–Crippen LogP) is 4.35. The Morgan fingerprint density at radius 1 is 1.17 bits per heavy atom. The number of hydrogen-bond donors (Lipinski definition) is 2. The number of benzene rings is 1. The zero-order chi connectivity index (χ0) is 21.0. The minimum absolute atomic E-state index is 0.0268. The normalized spacial score (nSPS) is 20.0. The molecule has 156 valence electrons. The summed E-state index contributed by atoms with van der Waals surface area (Å²) in [4.78, 5) is 23.7. The van der Waals surface area contributed by atoms with Crippen LogP contribution in [0.5, 0.6) is 0 Å². The molecule has 7 heteroatoms. The Morgan fingerprint density at radius 2 is 1.83 bits per heavy atom. The molecular formula is C22H30ClN5O. The number of carbonyl (C=O) groups excluding carboxylic acids is 1. The van der Waals surface area contributed by atoms with Gasteiger partial charge in [-0.3, -0.25) is 4.79 Å². The van der Waals surface area contributed by atoms with Gasteiger partial charge < -0.3 is 15.5 Å². The summed E-state index contributed by atoms with van der Waals surface area (Å²) >= 11 is 5.94. The molecule has 2 N–H and O–H groups in total. The highest BCUT2D eigenvalue weighted by molar-refractivity contribution is 6.30. The van der Waals surface area contributed by atoms with Gasteiger partial charge in [-0.15, -0.1) is 0 Å². The van der Waals surface area contributed by atoms with E-state index in [0.29, 0.717) is 17.0 Å². The van der Waals surface area contributed by atoms with E-state index in [1.807, 2.05) is 63.3 Å². The Balaban J connectivity index is 1.50. The number of nitrogens with zero attached hydrogens (tertiary/aromatic N) is 3. The van der Waals surface area contributed by atoms with E-state index in [9.17, 15) is 4.79 Å². The van der Waals surface area contributed by atoms with E-state index in [1.165, 1.54) is 0 Å². The standard InChI is InChI=1S/C22H30ClN5O/c1-14-13-24-22(27-20(14)28(3)4)26-19-11-7-17(8-12-19)21(29)25-15(2)16-5-9-18(23)10-6-16/h5-6,9-10,13,15,17,19H,7-8,11-12H2,1-4H3,(H,25,29)(H,24,26,27)/t15-,17?,19?/m1/s1. The van der Waals surface area contributed by atoms with Crippen molar-refractivity contribution < 1.29 is 4.79 Å². The van der Waals surface area contributed by atoms with Gasteiger partial charge >= 0.3 is 0 Å². The molecule has 1 amide bonds. The molecule has 2 aromatic rings. The van der Waals surface area contributed by atoms with E-state index in [-0.39, 0.29) is 17.9 Å². The predicted molar refractivity (Wildman–Crippen MR) is 118 cm³/mol. The Morgan fingerprint density at radius 3 is 2.45 bits per heavy atom. The van der Waals surface area contributed by atoms with E-state index >= 15 is 0 Å². The van der Waals surface area contributed by atoms with Crippen LogP contribution >= 0.6 is 11.6 Å². The molecule has 1 aromatic carbocycles. The monoisotopic (exact) mass is 415 g/mol. The molecule has 0 unspecified atom stereocenters. The van der Waals surface area contributed by atoms with E-state index < -0.39 is 0 Å². The fourth-order valence-electron chi connectivity index (χ4n) is 3.80. The zero-order valence-corrected chi connectivity index (χ0v) is 18.3. The van der Waals surface area contributed by atoms with Crippen molar-refractivity contribution in [1.29, 1.82) is 0 Å². The number of aromatic nitrogens is 2. The summed E-state index contributed by atoms with van der Waals surface area (Å²) in [6, 6.07) is 7.89. The highest BCUT2D eigenvalue weighted by atomic mass is 35.5. The SMILES string of the molecule is Cc1cnc(NC2CCC(C(=O)N[C@H](C)c3ccc(Cl)cc3)CC2)nc1N(C)C. The highest BCUT2D eigenvalue weighted by Crippen LogP contribution is 2.27. The lowest BCUT2D eigenvalue weighted by Crippen LogP contribution is -2.37. The van der Waals surface area contributed by atoms with Gasteiger partial charge in [0.2, 0.25) is 11.9 Å². The molecule has 1 saturated carbocycles. The largest absolute Gasteiger partial charge is 0.362 e. The van der Waals surface area contributed by atoms with Gasteiger partial charge in [-0.2, -0.15) is 4.98 Å². The second kappa shape index (κ2) is 9.44. The summed E-state index contributed by atoms with van der Waals surface area (Å²) in [5.74, 6) is 1.77. The van der Waals surface area contributed by atoms with Crippen LogP contribution in [0.3, 0.4) is 0 Å². The number of anilines is 2. The fraction of sp³-hybridized carbons (Fsp3) is 0.500. The maximum Gasteiger partial charge on any atom is 0.224 e. The molecule has 3 rings (SSSR count). The van der Waals surface area contributed by atoms with Crippen LogP contribution in [0.1, 0.15) is 49.8 Å². The molecule has 1 heterocycles. The summed E-state index contributed by atoms with van der Waals surface area (Å²) in [6.07, 6.45) is 5.44. The topological polar surface area (TPSA) is 70.1 Å². The van der Waals surface area contributed by atoms with Gasteiger partial charge in [0.05, 0.1) is 6.04 Å². The van der Waals surface area contributed by atoms with Gasteiger partial charge in [0.1, 0.15) is 5.82 Å². The number of nitrogens with one attached hydrogen (secondary N) is 2. The molecule has 0 saturated heterocycles. The fourth-order valence-corrected chi connectivity index (χ4v) is 3.93. The Bertz CT molecular complexity index is 832. The number of halogens is 1. The summed E-state index contributed by atoms with van der Waals surface area (Å²) < 4.78 is 0. The summed E-state index contributed by atoms with van der Waals surface area (Å²) in [7, 11) is 3.96. The van der Waals surface area contributed by atoms with Crippen molar-refractivity contribution in [3.05, 3.63) is 46.6 Å².